The summed E-state index contributed by atoms with van der Waals surface area (Å²) in [6.07, 6.45) is -119. The molecule has 6 atom stereocenters. The quantitative estimate of drug-likeness (QED) is 0.0935. The van der Waals surface area contributed by atoms with E-state index in [0.29, 0.717) is 14.2 Å². The molecule has 0 aliphatic rings. The van der Waals surface area contributed by atoms with Gasteiger partial charge in [0.05, 0.1) is 7.11 Å². The summed E-state index contributed by atoms with van der Waals surface area (Å²) in [7, 11) is -0.650. The van der Waals surface area contributed by atoms with E-state index in [0.717, 1.165) is 9.47 Å². The number of rotatable bonds is 19. The Hall–Kier alpha value is -3.64. The van der Waals surface area contributed by atoms with Gasteiger partial charge in [-0.2, -0.15) is 180 Å². The molecule has 0 aromatic carbocycles. The van der Waals surface area contributed by atoms with Gasteiger partial charge in [0.2, 0.25) is 0 Å². The minimum absolute atomic E-state index is 0.570. The van der Waals surface area contributed by atoms with Crippen LogP contribution in [0.5, 0.6) is 0 Å². The molecular weight excluding hydrogens is 1170 g/mol. The van der Waals surface area contributed by atoms with Crippen molar-refractivity contribution in [3.63, 3.8) is 0 Å². The lowest BCUT2D eigenvalue weighted by atomic mass is 10.2. The second-order valence-electron chi connectivity index (χ2n) is 11.8. The maximum atomic E-state index is 14.8. The molecule has 0 aromatic heterocycles. The molecule has 8 nitrogen and oxygen atoms in total. The standard InChI is InChI=1S/C22H3F41O8/c1-65-2(64)3(23,10(31,32)33)66-18(54,55)5(26,12(37,38)39)68-20(58,59)7(28,14(43,44)45)70-22(62,63)9(30,16(49,50)51)71-21(60,61)8(29,15(46,47)48)69-19(56,57)6(27,13(40,41)42)67-17(52,53)4(24,25)11(34,35)36/h1H3. The number of hydrogen-bond donors (Lipinski definition) is 0. The SMILES string of the molecule is COC(=O)C(F)(OC(F)(F)C(F)(OC(F)(F)C(F)(OC(F)(F)C(F)(OC(F)(F)C(F)(OC(F)(F)C(F)(OC(F)(F)C(F)(F)C(F)(F)F)C(F)(F)F)C(F)(F)F)C(F)(F)F)C(F)(F)F)C(F)(F)F)C(F)(F)F. The number of esters is 1. The van der Waals surface area contributed by atoms with Gasteiger partial charge < -0.3 is 4.74 Å². The molecule has 49 heteroatoms. The third kappa shape index (κ3) is 11.1. The minimum Gasteiger partial charge on any atom is -0.465 e. The van der Waals surface area contributed by atoms with E-state index in [9.17, 15) is 185 Å². The van der Waals surface area contributed by atoms with Crippen LogP contribution in [0.1, 0.15) is 0 Å². The van der Waals surface area contributed by atoms with Crippen molar-refractivity contribution in [3.05, 3.63) is 0 Å². The second kappa shape index (κ2) is 17.8. The van der Waals surface area contributed by atoms with E-state index in [1.807, 2.05) is 0 Å². The molecule has 0 radical (unpaired) electrons. The van der Waals surface area contributed by atoms with Gasteiger partial charge in [-0.3, -0.25) is 28.4 Å². The van der Waals surface area contributed by atoms with E-state index in [2.05, 4.69) is 4.74 Å². The predicted molar refractivity (Wildman–Crippen MR) is 119 cm³/mol. The van der Waals surface area contributed by atoms with Gasteiger partial charge >= 0.3 is 127 Å². The summed E-state index contributed by atoms with van der Waals surface area (Å²) in [6, 6.07) is 0. The molecule has 0 aliphatic carbocycles. The minimum atomic E-state index is -9.90. The second-order valence-corrected chi connectivity index (χ2v) is 11.8. The highest BCUT2D eigenvalue weighted by Crippen LogP contribution is 2.63. The third-order valence-electron chi connectivity index (χ3n) is 6.84. The molecular formula is C22H3F41O8. The van der Waals surface area contributed by atoms with Crippen LogP contribution in [-0.2, 0) is 38.0 Å². The van der Waals surface area contributed by atoms with Gasteiger partial charge in [0, 0.05) is 0 Å². The van der Waals surface area contributed by atoms with E-state index >= 15 is 0 Å². The number of carbonyl (C=O) groups excluding carboxylic acids is 1. The normalized spacial score (nSPS) is 20.8. The van der Waals surface area contributed by atoms with Crippen LogP contribution in [0.4, 0.5) is 180 Å². The van der Waals surface area contributed by atoms with E-state index in [1.54, 1.807) is 0 Å². The fraction of sp³-hybridized carbons (Fsp3) is 0.955. The summed E-state index contributed by atoms with van der Waals surface area (Å²) in [4.78, 5) is 11.0. The Labute approximate surface area is 353 Å². The summed E-state index contributed by atoms with van der Waals surface area (Å²) in [5.41, 5.74) is 0. The van der Waals surface area contributed by atoms with Crippen molar-refractivity contribution in [2.45, 2.75) is 121 Å². The van der Waals surface area contributed by atoms with Crippen LogP contribution in [0.25, 0.3) is 0 Å². The fourth-order valence-corrected chi connectivity index (χ4v) is 3.37. The van der Waals surface area contributed by atoms with E-state index in [-0.39, 0.29) is 0 Å². The van der Waals surface area contributed by atoms with E-state index < -0.39 is 134 Å². The average Bonchev–Trinajstić information content (AvgIpc) is 3.06. The smallest absolute Gasteiger partial charge is 0.462 e. The van der Waals surface area contributed by atoms with E-state index in [4.69, 9.17) is 0 Å². The molecule has 0 aromatic rings. The summed E-state index contributed by atoms with van der Waals surface area (Å²) >= 11 is 0. The number of carbonyl (C=O) groups is 1. The molecule has 0 spiro atoms. The molecule has 71 heavy (non-hydrogen) atoms. The van der Waals surface area contributed by atoms with Crippen molar-refractivity contribution in [2.24, 2.45) is 0 Å². The highest BCUT2D eigenvalue weighted by Gasteiger charge is 2.92. The molecule has 0 aliphatic heterocycles. The van der Waals surface area contributed by atoms with Crippen LogP contribution in [0.2, 0.25) is 0 Å². The predicted octanol–water partition coefficient (Wildman–Crippen LogP) is 12.4. The van der Waals surface area contributed by atoms with Crippen LogP contribution in [-0.4, -0.2) is 134 Å². The van der Waals surface area contributed by atoms with Crippen LogP contribution in [0.3, 0.4) is 0 Å². The molecule has 6 unspecified atom stereocenters. The summed E-state index contributed by atoms with van der Waals surface area (Å²) in [5.74, 6) is -68.6. The number of halogens is 41. The number of hydrogen-bond acceptors (Lipinski definition) is 8. The van der Waals surface area contributed by atoms with Gasteiger partial charge in [-0.15, -0.1) is 0 Å². The topological polar surface area (TPSA) is 81.7 Å². The van der Waals surface area contributed by atoms with Crippen molar-refractivity contribution >= 4 is 5.97 Å². The summed E-state index contributed by atoms with van der Waals surface area (Å²) in [5, 5.41) is 0. The number of alkyl halides is 41. The fourth-order valence-electron chi connectivity index (χ4n) is 3.37. The van der Waals surface area contributed by atoms with Crippen LogP contribution >= 0.6 is 0 Å². The van der Waals surface area contributed by atoms with Crippen molar-refractivity contribution in [1.82, 2.24) is 0 Å². The van der Waals surface area contributed by atoms with Gasteiger partial charge in [0.1, 0.15) is 0 Å². The first-order chi connectivity index (χ1) is 30.0. The van der Waals surface area contributed by atoms with Gasteiger partial charge in [-0.05, 0) is 0 Å². The van der Waals surface area contributed by atoms with Gasteiger partial charge in [0.25, 0.3) is 0 Å². The van der Waals surface area contributed by atoms with Gasteiger partial charge in [0.15, 0.2) is 0 Å². The lowest BCUT2D eigenvalue weighted by molar-refractivity contribution is -0.605. The highest BCUT2D eigenvalue weighted by molar-refractivity contribution is 5.78. The lowest BCUT2D eigenvalue weighted by Crippen LogP contribution is -2.73. The summed E-state index contributed by atoms with van der Waals surface area (Å²) in [6.45, 7) is 0. The van der Waals surface area contributed by atoms with Crippen LogP contribution in [0.15, 0.2) is 0 Å². The monoisotopic (exact) mass is 1170 g/mol. The van der Waals surface area contributed by atoms with Crippen LogP contribution < -0.4 is 0 Å². The molecule has 0 N–H and O–H groups in total. The average molecular weight is 1170 g/mol. The first-order valence-corrected chi connectivity index (χ1v) is 14.5. The maximum absolute atomic E-state index is 14.8. The van der Waals surface area contributed by atoms with Crippen LogP contribution in [0, 0.1) is 0 Å². The molecule has 0 saturated carbocycles. The molecule has 0 fully saturated rings. The zero-order valence-electron chi connectivity index (χ0n) is 30.3. The third-order valence-corrected chi connectivity index (χ3v) is 6.84. The zero-order valence-corrected chi connectivity index (χ0v) is 30.3. The molecule has 0 bridgehead atoms. The van der Waals surface area contributed by atoms with Gasteiger partial charge in [-0.1, -0.05) is 0 Å². The Morgan fingerprint density at radius 2 is 0.408 bits per heavy atom. The Morgan fingerprint density at radius 1 is 0.239 bits per heavy atom. The Morgan fingerprint density at radius 3 is 0.549 bits per heavy atom. The van der Waals surface area contributed by atoms with Crippen molar-refractivity contribution in [2.75, 3.05) is 7.11 Å². The molecule has 426 valence electrons. The molecule has 0 heterocycles. The van der Waals surface area contributed by atoms with Crippen molar-refractivity contribution < 1.29 is 218 Å². The molecule has 0 rings (SSSR count). The molecule has 0 saturated heterocycles. The Bertz CT molecular complexity index is 1870. The Kier molecular flexibility index (Phi) is 16.8. The highest BCUT2D eigenvalue weighted by atomic mass is 19.5. The first kappa shape index (κ1) is 67.4. The zero-order chi connectivity index (χ0) is 58.5. The lowest BCUT2D eigenvalue weighted by Gasteiger charge is -2.45. The molecule has 0 amide bonds. The summed E-state index contributed by atoms with van der Waals surface area (Å²) < 4.78 is 565. The number of ether oxygens (including phenoxy) is 7. The van der Waals surface area contributed by atoms with E-state index in [1.165, 1.54) is 4.74 Å². The van der Waals surface area contributed by atoms with Crippen molar-refractivity contribution in [1.29, 1.82) is 0 Å². The Balaban J connectivity index is 8.30. The van der Waals surface area contributed by atoms with Gasteiger partial charge in [-0.25, -0.2) is 4.79 Å². The number of methoxy groups -OCH3 is 1. The largest absolute Gasteiger partial charge is 0.465 e. The maximum Gasteiger partial charge on any atom is 0.462 e. The first-order valence-electron chi connectivity index (χ1n) is 14.5. The van der Waals surface area contributed by atoms with Crippen molar-refractivity contribution in [3.8, 4) is 0 Å².